The van der Waals surface area contributed by atoms with E-state index in [2.05, 4.69) is 40.4 Å². The van der Waals surface area contributed by atoms with Gasteiger partial charge in [-0.05, 0) is 80.0 Å². The van der Waals surface area contributed by atoms with Crippen molar-refractivity contribution in [1.82, 2.24) is 25.0 Å². The number of fused-ring (bicyclic) bond motifs is 1. The van der Waals surface area contributed by atoms with Gasteiger partial charge in [0, 0.05) is 56.6 Å². The average Bonchev–Trinajstić information content (AvgIpc) is 3.75. The minimum atomic E-state index is -0.369. The number of piperidine rings is 1. The third kappa shape index (κ3) is 11.4. The molecule has 3 fully saturated rings. The maximum atomic E-state index is 14.8. The lowest BCUT2D eigenvalue weighted by Gasteiger charge is -2.47. The summed E-state index contributed by atoms with van der Waals surface area (Å²) in [4.78, 5) is 49.4. The van der Waals surface area contributed by atoms with Crippen LogP contribution in [0.25, 0.3) is 0 Å². The molecule has 3 aromatic rings. The van der Waals surface area contributed by atoms with Gasteiger partial charge >= 0.3 is 0 Å². The third-order valence-electron chi connectivity index (χ3n) is 12.2. The predicted octanol–water partition coefficient (Wildman–Crippen LogP) is 5.89. The Bertz CT molecular complexity index is 1950. The largest absolute Gasteiger partial charge is 0.506 e. The zero-order chi connectivity index (χ0) is 42.1. The maximum Gasteiger partial charge on any atom is 0.273 e. The number of likely N-dealkylation sites (tertiary alicyclic amines) is 1. The van der Waals surface area contributed by atoms with Gasteiger partial charge in [-0.3, -0.25) is 19.3 Å². The first-order valence-corrected chi connectivity index (χ1v) is 22.7. The van der Waals surface area contributed by atoms with Crippen LogP contribution in [0.15, 0.2) is 35.7 Å². The topological polar surface area (TPSA) is 146 Å². The molecule has 1 aromatic heterocycles. The van der Waals surface area contributed by atoms with E-state index in [-0.39, 0.29) is 47.5 Å². The van der Waals surface area contributed by atoms with Crippen molar-refractivity contribution in [2.24, 2.45) is 0 Å². The minimum Gasteiger partial charge on any atom is -0.506 e. The first kappa shape index (κ1) is 43.9. The molecule has 4 heterocycles. The number of phenols is 1. The highest BCUT2D eigenvalue weighted by atomic mass is 32.1. The molecule has 7 rings (SSSR count). The molecule has 0 radical (unpaired) electrons. The van der Waals surface area contributed by atoms with Gasteiger partial charge in [-0.1, -0.05) is 45.2 Å². The number of rotatable bonds is 17. The highest BCUT2D eigenvalue weighted by Crippen LogP contribution is 2.39. The fraction of sp³-hybridized carbons (Fsp3) is 0.600. The van der Waals surface area contributed by atoms with E-state index in [1.807, 2.05) is 21.2 Å². The summed E-state index contributed by atoms with van der Waals surface area (Å²) < 4.78 is 32.7. The average molecular weight is 849 g/mol. The number of aromatic hydroxyl groups is 1. The van der Waals surface area contributed by atoms with Gasteiger partial charge in [-0.2, -0.15) is 0 Å². The molecule has 60 heavy (non-hydrogen) atoms. The highest BCUT2D eigenvalue weighted by Gasteiger charge is 2.41. The van der Waals surface area contributed by atoms with Crippen molar-refractivity contribution >= 4 is 34.7 Å². The lowest BCUT2D eigenvalue weighted by Crippen LogP contribution is -2.58. The molecule has 3 aliphatic heterocycles. The molecule has 2 saturated heterocycles. The number of nitrogens with one attached hydrogen (secondary N) is 2. The number of anilines is 1. The molecule has 13 nitrogen and oxygen atoms in total. The number of nitrogens with zero attached hydrogens (tertiary/aromatic N) is 4. The Morgan fingerprint density at radius 1 is 1.08 bits per heavy atom. The molecule has 1 aliphatic carbocycles. The summed E-state index contributed by atoms with van der Waals surface area (Å²) in [6.07, 6.45) is 8.56. The van der Waals surface area contributed by atoms with Gasteiger partial charge in [0.2, 0.25) is 5.91 Å². The second-order valence-corrected chi connectivity index (χ2v) is 17.9. The van der Waals surface area contributed by atoms with Crippen molar-refractivity contribution in [3.63, 3.8) is 0 Å². The molecule has 0 atom stereocenters. The lowest BCUT2D eigenvalue weighted by molar-refractivity contribution is -0.135. The molecule has 2 aromatic carbocycles. The van der Waals surface area contributed by atoms with Crippen LogP contribution in [-0.4, -0.2) is 126 Å². The molecule has 0 unspecified atom stereocenters. The Labute approximate surface area is 356 Å². The standard InChI is InChI=1S/C45H61FN6O7S/c1-31(2)43-48-37(29-60-43)44(56)51-20-23-59-45(30-51)13-17-50(18-14-45)27-33-24-32(25-35(46)26-33)11-21-57-22-12-40(55)52(36-6-4-3-5-7-36)19-16-47-15-10-34-8-9-38(53)41-42(34)58-28-39(54)49-41/h8-9,24-26,29,31,36,47,53H,3-7,10-23,27-28,30H2,1-2H3,(H,49,54). The van der Waals surface area contributed by atoms with Gasteiger partial charge in [0.15, 0.2) is 12.4 Å². The summed E-state index contributed by atoms with van der Waals surface area (Å²) in [7, 11) is 0. The summed E-state index contributed by atoms with van der Waals surface area (Å²) in [5, 5.41) is 19.1. The minimum absolute atomic E-state index is 0.0192. The van der Waals surface area contributed by atoms with Gasteiger partial charge in [0.05, 0.1) is 43.4 Å². The Morgan fingerprint density at radius 3 is 2.67 bits per heavy atom. The smallest absolute Gasteiger partial charge is 0.273 e. The Balaban J connectivity index is 0.826. The van der Waals surface area contributed by atoms with Crippen molar-refractivity contribution in [3.8, 4) is 11.5 Å². The number of morpholine rings is 1. The number of thiazole rings is 1. The number of aromatic nitrogens is 1. The van der Waals surface area contributed by atoms with Crippen molar-refractivity contribution in [2.75, 3.05) is 77.6 Å². The Hall–Kier alpha value is -4.15. The fourth-order valence-electron chi connectivity index (χ4n) is 8.92. The fourth-order valence-corrected chi connectivity index (χ4v) is 9.73. The summed E-state index contributed by atoms with van der Waals surface area (Å²) in [6.45, 7) is 10.6. The van der Waals surface area contributed by atoms with Crippen LogP contribution in [-0.2, 0) is 38.4 Å². The predicted molar refractivity (Wildman–Crippen MR) is 228 cm³/mol. The maximum absolute atomic E-state index is 14.8. The van der Waals surface area contributed by atoms with E-state index in [1.54, 1.807) is 18.2 Å². The molecule has 3 amide bonds. The third-order valence-corrected chi connectivity index (χ3v) is 13.4. The highest BCUT2D eigenvalue weighted by molar-refractivity contribution is 7.09. The molecule has 3 N–H and O–H groups in total. The van der Waals surface area contributed by atoms with Crippen LogP contribution < -0.4 is 15.4 Å². The summed E-state index contributed by atoms with van der Waals surface area (Å²) in [5.74, 6) is 0.289. The van der Waals surface area contributed by atoms with Crippen LogP contribution in [0.2, 0.25) is 0 Å². The van der Waals surface area contributed by atoms with Crippen LogP contribution in [0, 0.1) is 5.82 Å². The molecule has 4 aliphatic rings. The summed E-state index contributed by atoms with van der Waals surface area (Å²) in [5.41, 5.74) is 3.15. The van der Waals surface area contributed by atoms with Gasteiger partial charge in [0.1, 0.15) is 22.9 Å². The van der Waals surface area contributed by atoms with E-state index in [0.29, 0.717) is 101 Å². The van der Waals surface area contributed by atoms with Crippen LogP contribution in [0.3, 0.4) is 0 Å². The zero-order valence-corrected chi connectivity index (χ0v) is 36.0. The quantitative estimate of drug-likeness (QED) is 0.111. The first-order valence-electron chi connectivity index (χ1n) is 21.8. The van der Waals surface area contributed by atoms with Crippen LogP contribution in [0.4, 0.5) is 10.1 Å². The van der Waals surface area contributed by atoms with E-state index in [0.717, 1.165) is 73.3 Å². The van der Waals surface area contributed by atoms with Crippen LogP contribution >= 0.6 is 11.3 Å². The van der Waals surface area contributed by atoms with Crippen molar-refractivity contribution in [2.45, 2.75) is 102 Å². The molecular weight excluding hydrogens is 788 g/mol. The van der Waals surface area contributed by atoms with E-state index in [1.165, 1.54) is 17.8 Å². The summed E-state index contributed by atoms with van der Waals surface area (Å²) >= 11 is 1.54. The monoisotopic (exact) mass is 848 g/mol. The number of carbonyl (C=O) groups excluding carboxylic acids is 3. The number of benzene rings is 2. The van der Waals surface area contributed by atoms with E-state index >= 15 is 0 Å². The Morgan fingerprint density at radius 2 is 1.88 bits per heavy atom. The molecule has 1 spiro atoms. The number of ether oxygens (including phenoxy) is 3. The van der Waals surface area contributed by atoms with Gasteiger partial charge < -0.3 is 39.8 Å². The zero-order valence-electron chi connectivity index (χ0n) is 35.1. The molecular formula is C45H61FN6O7S. The van der Waals surface area contributed by atoms with E-state index < -0.39 is 0 Å². The lowest BCUT2D eigenvalue weighted by atomic mass is 9.89. The Kier molecular flexibility index (Phi) is 15.1. The molecule has 326 valence electrons. The SMILES string of the molecule is CC(C)c1nc(C(=O)N2CCOC3(CCN(Cc4cc(F)cc(CCOCCC(=O)N(CCNCCc5ccc(O)c6c5OCC(=O)N6)C5CCCCC5)c4)CC3)C2)cs1. The molecule has 15 heteroatoms. The molecule has 0 bridgehead atoms. The van der Waals surface area contributed by atoms with Crippen molar-refractivity contribution in [3.05, 3.63) is 68.9 Å². The number of phenolic OH excluding ortho intramolecular Hbond substituents is 1. The number of amides is 3. The number of hydrogen-bond acceptors (Lipinski definition) is 11. The van der Waals surface area contributed by atoms with E-state index in [9.17, 15) is 23.9 Å². The van der Waals surface area contributed by atoms with Crippen molar-refractivity contribution < 1.29 is 38.1 Å². The van der Waals surface area contributed by atoms with E-state index in [4.69, 9.17) is 14.2 Å². The van der Waals surface area contributed by atoms with Crippen molar-refractivity contribution in [1.29, 1.82) is 0 Å². The number of halogens is 1. The summed E-state index contributed by atoms with van der Waals surface area (Å²) in [6, 6.07) is 8.82. The molecule has 1 saturated carbocycles. The normalized spacial score (nSPS) is 18.3. The number of hydrogen-bond donors (Lipinski definition) is 3. The second kappa shape index (κ2) is 20.6. The first-order chi connectivity index (χ1) is 29.1. The van der Waals surface area contributed by atoms with Crippen LogP contribution in [0.5, 0.6) is 11.5 Å². The van der Waals surface area contributed by atoms with Crippen LogP contribution in [0.1, 0.15) is 103 Å². The number of carbonyl (C=O) groups is 3. The van der Waals surface area contributed by atoms with Gasteiger partial charge in [-0.15, -0.1) is 11.3 Å². The van der Waals surface area contributed by atoms with Gasteiger partial charge in [-0.25, -0.2) is 9.37 Å². The van der Waals surface area contributed by atoms with Gasteiger partial charge in [0.25, 0.3) is 11.8 Å². The second-order valence-electron chi connectivity index (χ2n) is 17.0.